The quantitative estimate of drug-likeness (QED) is 0.912. The lowest BCUT2D eigenvalue weighted by Gasteiger charge is -2.31. The molecule has 1 aliphatic rings. The number of rotatable bonds is 3. The zero-order valence-corrected chi connectivity index (χ0v) is 11.2. The third-order valence-corrected chi connectivity index (χ3v) is 3.77. The van der Waals surface area contributed by atoms with E-state index in [9.17, 15) is 0 Å². The first-order valence-electron chi connectivity index (χ1n) is 6.80. The van der Waals surface area contributed by atoms with E-state index in [2.05, 4.69) is 31.1 Å². The van der Waals surface area contributed by atoms with Gasteiger partial charge in [-0.05, 0) is 38.9 Å². The Hall–Kier alpha value is -1.75. The molecule has 0 aromatic carbocycles. The zero-order chi connectivity index (χ0) is 13.1. The van der Waals surface area contributed by atoms with Crippen molar-refractivity contribution in [3.63, 3.8) is 0 Å². The molecule has 1 N–H and O–H groups in total. The summed E-state index contributed by atoms with van der Waals surface area (Å²) in [7, 11) is 0. The lowest BCUT2D eigenvalue weighted by Crippen LogP contribution is -2.32. The molecule has 5 nitrogen and oxygen atoms in total. The maximum absolute atomic E-state index is 4.42. The average Bonchev–Trinajstić information content (AvgIpc) is 2.96. The van der Waals surface area contributed by atoms with Crippen molar-refractivity contribution in [2.24, 2.45) is 0 Å². The molecule has 1 fully saturated rings. The van der Waals surface area contributed by atoms with Gasteiger partial charge in [0, 0.05) is 36.7 Å². The molecular formula is C14H19N5. The molecular weight excluding hydrogens is 238 g/mol. The predicted molar refractivity (Wildman–Crippen MR) is 72.6 cm³/mol. The first-order chi connectivity index (χ1) is 9.31. The van der Waals surface area contributed by atoms with Gasteiger partial charge in [-0.2, -0.15) is 5.10 Å². The van der Waals surface area contributed by atoms with Crippen molar-refractivity contribution < 1.29 is 0 Å². The van der Waals surface area contributed by atoms with Crippen molar-refractivity contribution in [2.75, 3.05) is 13.1 Å². The molecule has 3 heterocycles. The molecule has 19 heavy (non-hydrogen) atoms. The van der Waals surface area contributed by atoms with Crippen molar-refractivity contribution in [2.45, 2.75) is 32.2 Å². The summed E-state index contributed by atoms with van der Waals surface area (Å²) in [5.41, 5.74) is 3.31. The summed E-state index contributed by atoms with van der Waals surface area (Å²) in [6, 6.07) is 2.09. The Morgan fingerprint density at radius 1 is 1.26 bits per heavy atom. The van der Waals surface area contributed by atoms with Gasteiger partial charge in [0.1, 0.15) is 0 Å². The van der Waals surface area contributed by atoms with E-state index in [-0.39, 0.29) is 0 Å². The van der Waals surface area contributed by atoms with Crippen LogP contribution in [0, 0.1) is 6.92 Å². The van der Waals surface area contributed by atoms with Crippen molar-refractivity contribution in [3.8, 4) is 0 Å². The van der Waals surface area contributed by atoms with Gasteiger partial charge in [0.2, 0.25) is 0 Å². The van der Waals surface area contributed by atoms with Crippen molar-refractivity contribution in [1.29, 1.82) is 0 Å². The molecule has 2 aromatic rings. The fourth-order valence-electron chi connectivity index (χ4n) is 2.63. The van der Waals surface area contributed by atoms with Crippen LogP contribution in [0.1, 0.15) is 35.8 Å². The number of hydrogen-bond acceptors (Lipinski definition) is 4. The molecule has 0 atom stereocenters. The molecule has 0 aliphatic carbocycles. The van der Waals surface area contributed by atoms with Crippen LogP contribution < -0.4 is 0 Å². The van der Waals surface area contributed by atoms with Crippen LogP contribution in [0.4, 0.5) is 0 Å². The number of aromatic amines is 1. The zero-order valence-electron chi connectivity index (χ0n) is 11.2. The maximum Gasteiger partial charge on any atom is 0.0727 e. The third kappa shape index (κ3) is 2.98. The van der Waals surface area contributed by atoms with Crippen LogP contribution in [0.5, 0.6) is 0 Å². The summed E-state index contributed by atoms with van der Waals surface area (Å²) >= 11 is 0. The second-order valence-electron chi connectivity index (χ2n) is 5.21. The highest BCUT2D eigenvalue weighted by molar-refractivity contribution is 5.07. The van der Waals surface area contributed by atoms with Gasteiger partial charge in [-0.1, -0.05) is 0 Å². The van der Waals surface area contributed by atoms with Gasteiger partial charge in [-0.15, -0.1) is 0 Å². The molecule has 5 heteroatoms. The predicted octanol–water partition coefficient (Wildman–Crippen LogP) is 1.89. The largest absolute Gasteiger partial charge is 0.297 e. The van der Waals surface area contributed by atoms with Crippen molar-refractivity contribution >= 4 is 0 Å². The molecule has 0 unspecified atom stereocenters. The van der Waals surface area contributed by atoms with E-state index in [4.69, 9.17) is 0 Å². The SMILES string of the molecule is Cc1cnc(CN2CCC(c3ccn[nH]3)CC2)cn1. The fourth-order valence-corrected chi connectivity index (χ4v) is 2.63. The minimum Gasteiger partial charge on any atom is -0.297 e. The van der Waals surface area contributed by atoms with Crippen LogP contribution in [-0.4, -0.2) is 38.2 Å². The highest BCUT2D eigenvalue weighted by atomic mass is 15.1. The highest BCUT2D eigenvalue weighted by Gasteiger charge is 2.21. The Balaban J connectivity index is 1.54. The molecule has 0 saturated carbocycles. The van der Waals surface area contributed by atoms with E-state index in [1.54, 1.807) is 0 Å². The molecule has 0 amide bonds. The molecule has 0 radical (unpaired) electrons. The van der Waals surface area contributed by atoms with Crippen LogP contribution in [0.15, 0.2) is 24.7 Å². The first-order valence-corrected chi connectivity index (χ1v) is 6.80. The Morgan fingerprint density at radius 2 is 2.11 bits per heavy atom. The smallest absolute Gasteiger partial charge is 0.0727 e. The van der Waals surface area contributed by atoms with E-state index in [1.807, 2.05) is 25.5 Å². The number of piperidine rings is 1. The molecule has 0 bridgehead atoms. The monoisotopic (exact) mass is 257 g/mol. The topological polar surface area (TPSA) is 57.7 Å². The van der Waals surface area contributed by atoms with E-state index < -0.39 is 0 Å². The number of hydrogen-bond donors (Lipinski definition) is 1. The van der Waals surface area contributed by atoms with Crippen LogP contribution in [0.2, 0.25) is 0 Å². The highest BCUT2D eigenvalue weighted by Crippen LogP contribution is 2.26. The van der Waals surface area contributed by atoms with Gasteiger partial charge in [-0.3, -0.25) is 20.0 Å². The number of nitrogens with one attached hydrogen (secondary N) is 1. The van der Waals surface area contributed by atoms with E-state index >= 15 is 0 Å². The van der Waals surface area contributed by atoms with Crippen molar-refractivity contribution in [1.82, 2.24) is 25.1 Å². The van der Waals surface area contributed by atoms with Gasteiger partial charge in [0.25, 0.3) is 0 Å². The standard InChI is InChI=1S/C14H19N5/c1-11-8-16-13(9-15-11)10-19-6-3-12(4-7-19)14-2-5-17-18-14/h2,5,8-9,12H,3-4,6-7,10H2,1H3,(H,17,18). The van der Waals surface area contributed by atoms with Crippen LogP contribution in [0.25, 0.3) is 0 Å². The van der Waals surface area contributed by atoms with Crippen LogP contribution in [-0.2, 0) is 6.54 Å². The normalized spacial score (nSPS) is 17.7. The summed E-state index contributed by atoms with van der Waals surface area (Å²) in [5, 5.41) is 7.12. The average molecular weight is 257 g/mol. The van der Waals surface area contributed by atoms with Gasteiger partial charge in [-0.25, -0.2) is 0 Å². The van der Waals surface area contributed by atoms with Gasteiger partial charge >= 0.3 is 0 Å². The molecule has 1 aliphatic heterocycles. The Morgan fingerprint density at radius 3 is 2.74 bits per heavy atom. The van der Waals surface area contributed by atoms with Gasteiger partial charge < -0.3 is 0 Å². The number of H-pyrrole nitrogens is 1. The molecule has 100 valence electrons. The lowest BCUT2D eigenvalue weighted by molar-refractivity contribution is 0.201. The van der Waals surface area contributed by atoms with E-state index in [0.717, 1.165) is 31.0 Å². The fraction of sp³-hybridized carbons (Fsp3) is 0.500. The molecule has 0 spiro atoms. The van der Waals surface area contributed by atoms with Gasteiger partial charge in [0.05, 0.1) is 11.4 Å². The molecule has 3 rings (SSSR count). The third-order valence-electron chi connectivity index (χ3n) is 3.77. The van der Waals surface area contributed by atoms with Crippen LogP contribution in [0.3, 0.4) is 0 Å². The molecule has 1 saturated heterocycles. The van der Waals surface area contributed by atoms with E-state index in [0.29, 0.717) is 5.92 Å². The number of aromatic nitrogens is 4. The summed E-state index contributed by atoms with van der Waals surface area (Å²) in [6.07, 6.45) is 7.93. The summed E-state index contributed by atoms with van der Waals surface area (Å²) in [4.78, 5) is 11.2. The second-order valence-corrected chi connectivity index (χ2v) is 5.21. The second kappa shape index (κ2) is 5.48. The number of likely N-dealkylation sites (tertiary alicyclic amines) is 1. The van der Waals surface area contributed by atoms with E-state index in [1.165, 1.54) is 18.5 Å². The minimum absolute atomic E-state index is 0.628. The Bertz CT molecular complexity index is 497. The van der Waals surface area contributed by atoms with Crippen LogP contribution >= 0.6 is 0 Å². The summed E-state index contributed by atoms with van der Waals surface area (Å²) in [5.74, 6) is 0.628. The number of nitrogens with zero attached hydrogens (tertiary/aromatic N) is 4. The Labute approximate surface area is 113 Å². The minimum atomic E-state index is 0.628. The van der Waals surface area contributed by atoms with Crippen molar-refractivity contribution in [3.05, 3.63) is 41.7 Å². The lowest BCUT2D eigenvalue weighted by atomic mass is 9.94. The Kier molecular flexibility index (Phi) is 3.55. The first kappa shape index (κ1) is 12.3. The summed E-state index contributed by atoms with van der Waals surface area (Å²) < 4.78 is 0. The summed E-state index contributed by atoms with van der Waals surface area (Å²) in [6.45, 7) is 5.09. The van der Waals surface area contributed by atoms with Gasteiger partial charge in [0.15, 0.2) is 0 Å². The maximum atomic E-state index is 4.42. The molecule has 2 aromatic heterocycles. The number of aryl methyl sites for hydroxylation is 1.